The molecular weight excluding hydrogens is 254 g/mol. The minimum atomic E-state index is -0.00919. The number of carbonyl (C=O) groups is 1. The summed E-state index contributed by atoms with van der Waals surface area (Å²) in [5.74, 6) is -0.00919. The Morgan fingerprint density at radius 1 is 1.47 bits per heavy atom. The van der Waals surface area contributed by atoms with Crippen molar-refractivity contribution < 1.29 is 4.79 Å². The Balaban J connectivity index is 2.60. The molecule has 0 atom stereocenters. The second kappa shape index (κ2) is 5.71. The number of amides is 1. The van der Waals surface area contributed by atoms with E-state index in [-0.39, 0.29) is 5.91 Å². The van der Waals surface area contributed by atoms with Gasteiger partial charge in [-0.2, -0.15) is 0 Å². The fraction of sp³-hybridized carbons (Fsp3) is 0.250. The molecule has 15 heavy (non-hydrogen) atoms. The normalized spacial score (nSPS) is 10.6. The van der Waals surface area contributed by atoms with Crippen molar-refractivity contribution in [1.29, 1.82) is 0 Å². The summed E-state index contributed by atoms with van der Waals surface area (Å²) in [6.07, 6.45) is 3.93. The molecule has 1 aromatic carbocycles. The summed E-state index contributed by atoms with van der Waals surface area (Å²) in [4.78, 5) is 10.6. The minimum absolute atomic E-state index is 0.00919. The van der Waals surface area contributed by atoms with Gasteiger partial charge in [0, 0.05) is 17.9 Å². The zero-order chi connectivity index (χ0) is 11.3. The molecule has 0 bridgehead atoms. The minimum Gasteiger partial charge on any atom is -0.353 e. The van der Waals surface area contributed by atoms with Crippen molar-refractivity contribution in [3.63, 3.8) is 0 Å². The lowest BCUT2D eigenvalue weighted by Gasteiger charge is -1.99. The maximum absolute atomic E-state index is 10.6. The number of aryl methyl sites for hydroxylation is 1. The number of benzene rings is 1. The van der Waals surface area contributed by atoms with Crippen LogP contribution in [0.2, 0.25) is 0 Å². The summed E-state index contributed by atoms with van der Waals surface area (Å²) < 4.78 is 1.07. The number of hydrogen-bond acceptors (Lipinski definition) is 1. The second-order valence-corrected chi connectivity index (χ2v) is 4.32. The van der Waals surface area contributed by atoms with Gasteiger partial charge in [0.2, 0.25) is 5.91 Å². The van der Waals surface area contributed by atoms with Crippen molar-refractivity contribution >= 4 is 27.9 Å². The van der Waals surface area contributed by atoms with Crippen LogP contribution in [0.1, 0.15) is 18.1 Å². The fourth-order valence-electron chi connectivity index (χ4n) is 1.26. The molecule has 0 aliphatic carbocycles. The van der Waals surface area contributed by atoms with E-state index in [1.54, 1.807) is 0 Å². The van der Waals surface area contributed by atoms with Gasteiger partial charge in [-0.1, -0.05) is 34.1 Å². The molecule has 0 aromatic heterocycles. The molecule has 2 nitrogen and oxygen atoms in total. The van der Waals surface area contributed by atoms with Crippen LogP contribution in [0.4, 0.5) is 0 Å². The van der Waals surface area contributed by atoms with Gasteiger partial charge in [-0.3, -0.25) is 4.79 Å². The van der Waals surface area contributed by atoms with Gasteiger partial charge in [0.15, 0.2) is 0 Å². The molecule has 0 unspecified atom stereocenters. The molecule has 1 aromatic rings. The highest BCUT2D eigenvalue weighted by Crippen LogP contribution is 2.16. The van der Waals surface area contributed by atoms with Gasteiger partial charge < -0.3 is 5.32 Å². The average molecular weight is 268 g/mol. The molecule has 0 aliphatic heterocycles. The van der Waals surface area contributed by atoms with Crippen molar-refractivity contribution in [2.75, 3.05) is 6.54 Å². The predicted octanol–water partition coefficient (Wildman–Crippen LogP) is 2.91. The summed E-state index contributed by atoms with van der Waals surface area (Å²) in [6, 6.07) is 6.19. The number of halogens is 1. The highest BCUT2D eigenvalue weighted by Gasteiger charge is 1.92. The first-order chi connectivity index (χ1) is 7.08. The van der Waals surface area contributed by atoms with E-state index in [2.05, 4.69) is 40.3 Å². The van der Waals surface area contributed by atoms with Gasteiger partial charge in [-0.15, -0.1) is 0 Å². The second-order valence-electron chi connectivity index (χ2n) is 3.40. The van der Waals surface area contributed by atoms with Gasteiger partial charge in [0.1, 0.15) is 0 Å². The summed E-state index contributed by atoms with van der Waals surface area (Å²) in [5, 5.41) is 2.71. The largest absolute Gasteiger partial charge is 0.353 e. The van der Waals surface area contributed by atoms with E-state index in [1.165, 1.54) is 12.5 Å². The molecule has 1 N–H and O–H groups in total. The molecule has 0 fully saturated rings. The SMILES string of the molecule is CC(=O)NCC=Cc1cc(C)cc(Br)c1. The van der Waals surface area contributed by atoms with E-state index < -0.39 is 0 Å². The number of nitrogens with one attached hydrogen (secondary N) is 1. The first kappa shape index (κ1) is 12.0. The Morgan fingerprint density at radius 2 is 2.20 bits per heavy atom. The highest BCUT2D eigenvalue weighted by molar-refractivity contribution is 9.10. The van der Waals surface area contributed by atoms with E-state index >= 15 is 0 Å². The zero-order valence-electron chi connectivity index (χ0n) is 8.88. The van der Waals surface area contributed by atoms with Crippen molar-refractivity contribution in [2.45, 2.75) is 13.8 Å². The van der Waals surface area contributed by atoms with Crippen LogP contribution in [0, 0.1) is 6.92 Å². The van der Waals surface area contributed by atoms with Gasteiger partial charge in [0.05, 0.1) is 0 Å². The molecule has 3 heteroatoms. The van der Waals surface area contributed by atoms with Crippen LogP contribution in [-0.4, -0.2) is 12.5 Å². The van der Waals surface area contributed by atoms with Gasteiger partial charge in [-0.25, -0.2) is 0 Å². The maximum atomic E-state index is 10.6. The highest BCUT2D eigenvalue weighted by atomic mass is 79.9. The summed E-state index contributed by atoms with van der Waals surface area (Å²) in [6.45, 7) is 4.13. The van der Waals surface area contributed by atoms with Crippen molar-refractivity contribution in [3.05, 3.63) is 39.9 Å². The van der Waals surface area contributed by atoms with Crippen LogP contribution in [-0.2, 0) is 4.79 Å². The van der Waals surface area contributed by atoms with Crippen LogP contribution < -0.4 is 5.32 Å². The molecule has 1 amide bonds. The maximum Gasteiger partial charge on any atom is 0.217 e. The monoisotopic (exact) mass is 267 g/mol. The first-order valence-electron chi connectivity index (χ1n) is 4.76. The van der Waals surface area contributed by atoms with Crippen molar-refractivity contribution in [1.82, 2.24) is 5.32 Å². The predicted molar refractivity (Wildman–Crippen MR) is 66.6 cm³/mol. The third kappa shape index (κ3) is 4.79. The lowest BCUT2D eigenvalue weighted by molar-refractivity contribution is -0.118. The quantitative estimate of drug-likeness (QED) is 0.897. The van der Waals surface area contributed by atoms with Gasteiger partial charge >= 0.3 is 0 Å². The Labute approximate surface area is 98.5 Å². The number of rotatable bonds is 3. The standard InChI is InChI=1S/C12H14BrNO/c1-9-6-11(8-12(13)7-9)4-3-5-14-10(2)15/h3-4,6-8H,5H2,1-2H3,(H,14,15). The van der Waals surface area contributed by atoms with Crippen LogP contribution in [0.15, 0.2) is 28.7 Å². The van der Waals surface area contributed by atoms with Crippen molar-refractivity contribution in [3.8, 4) is 0 Å². The van der Waals surface area contributed by atoms with E-state index in [4.69, 9.17) is 0 Å². The Hall–Kier alpha value is -1.09. The smallest absolute Gasteiger partial charge is 0.217 e. The molecular formula is C12H14BrNO. The Morgan fingerprint density at radius 3 is 2.80 bits per heavy atom. The molecule has 0 saturated heterocycles. The van der Waals surface area contributed by atoms with Crippen molar-refractivity contribution in [2.24, 2.45) is 0 Å². The lowest BCUT2D eigenvalue weighted by Crippen LogP contribution is -2.19. The molecule has 1 rings (SSSR count). The van der Waals surface area contributed by atoms with Gasteiger partial charge in [-0.05, 0) is 30.2 Å². The summed E-state index contributed by atoms with van der Waals surface area (Å²) >= 11 is 3.44. The van der Waals surface area contributed by atoms with E-state index in [1.807, 2.05) is 18.2 Å². The Kier molecular flexibility index (Phi) is 4.56. The van der Waals surface area contributed by atoms with E-state index in [0.29, 0.717) is 6.54 Å². The van der Waals surface area contributed by atoms with Gasteiger partial charge in [0.25, 0.3) is 0 Å². The van der Waals surface area contributed by atoms with Crippen LogP contribution in [0.25, 0.3) is 6.08 Å². The van der Waals surface area contributed by atoms with Crippen LogP contribution >= 0.6 is 15.9 Å². The topological polar surface area (TPSA) is 29.1 Å². The number of hydrogen-bond donors (Lipinski definition) is 1. The molecule has 0 radical (unpaired) electrons. The fourth-order valence-corrected chi connectivity index (χ4v) is 1.88. The third-order valence-electron chi connectivity index (χ3n) is 1.84. The Bertz CT molecular complexity index is 365. The molecule has 0 heterocycles. The van der Waals surface area contributed by atoms with E-state index in [0.717, 1.165) is 10.0 Å². The summed E-state index contributed by atoms with van der Waals surface area (Å²) in [7, 11) is 0. The zero-order valence-corrected chi connectivity index (χ0v) is 10.5. The molecule has 0 aliphatic rings. The number of carbonyl (C=O) groups excluding carboxylic acids is 1. The molecule has 80 valence electrons. The summed E-state index contributed by atoms with van der Waals surface area (Å²) in [5.41, 5.74) is 2.34. The van der Waals surface area contributed by atoms with E-state index in [9.17, 15) is 4.79 Å². The van der Waals surface area contributed by atoms with Crippen LogP contribution in [0.3, 0.4) is 0 Å². The molecule has 0 spiro atoms. The molecule has 0 saturated carbocycles. The van der Waals surface area contributed by atoms with Crippen LogP contribution in [0.5, 0.6) is 0 Å². The average Bonchev–Trinajstić information content (AvgIpc) is 2.10. The lowest BCUT2D eigenvalue weighted by atomic mass is 10.1. The first-order valence-corrected chi connectivity index (χ1v) is 5.55. The third-order valence-corrected chi connectivity index (χ3v) is 2.30.